The van der Waals surface area contributed by atoms with Crippen LogP contribution in [0.3, 0.4) is 0 Å². The molecule has 0 aromatic carbocycles. The minimum atomic E-state index is -0.594. The van der Waals surface area contributed by atoms with Gasteiger partial charge in [0.1, 0.15) is 16.2 Å². The minimum Gasteiger partial charge on any atom is -0.374 e. The summed E-state index contributed by atoms with van der Waals surface area (Å²) in [5.41, 5.74) is 0. The van der Waals surface area contributed by atoms with Crippen molar-refractivity contribution in [3.05, 3.63) is 10.0 Å². The maximum absolute atomic E-state index is 11.9. The highest BCUT2D eigenvalue weighted by Gasteiger charge is 2.29. The van der Waals surface area contributed by atoms with Crippen molar-refractivity contribution in [3.8, 4) is 0 Å². The zero-order valence-electron chi connectivity index (χ0n) is 17.2. The smallest absolute Gasteiger partial charge is 0.227 e. The molecule has 0 saturated heterocycles. The Morgan fingerprint density at radius 2 is 1.70 bits per heavy atom. The van der Waals surface area contributed by atoms with E-state index in [4.69, 9.17) is 0 Å². The van der Waals surface area contributed by atoms with Gasteiger partial charge in [0.2, 0.25) is 16.2 Å². The predicted octanol–water partition coefficient (Wildman–Crippen LogP) is 4.01. The third-order valence-electron chi connectivity index (χ3n) is 4.92. The van der Waals surface area contributed by atoms with E-state index in [-0.39, 0.29) is 5.91 Å². The molecule has 1 amide bonds. The first-order chi connectivity index (χ1) is 14.6. The summed E-state index contributed by atoms with van der Waals surface area (Å²) in [4.78, 5) is 11.9. The molecule has 30 heavy (non-hydrogen) atoms. The fourth-order valence-electron chi connectivity index (χ4n) is 3.37. The maximum Gasteiger partial charge on any atom is 0.227 e. The van der Waals surface area contributed by atoms with Crippen LogP contribution >= 0.6 is 46.2 Å². The third kappa shape index (κ3) is 7.04. The van der Waals surface area contributed by atoms with E-state index >= 15 is 0 Å². The Balaban J connectivity index is 1.55. The molecule has 3 rings (SSSR count). The molecule has 166 valence electrons. The largest absolute Gasteiger partial charge is 0.374 e. The second kappa shape index (κ2) is 12.2. The highest BCUT2D eigenvalue weighted by Crippen LogP contribution is 2.43. The molecule has 3 atom stereocenters. The molecule has 0 aliphatic heterocycles. The molecule has 1 unspecified atom stereocenters. The standard InChI is InChI=1S/C18H28N6O2S4/c1-27-8-6-13(25)19-17-23-21-15(29-17)11-4-3-5-12(10-11)16-22-24-18(30-16)20-14(26)7-9-28-2/h11-13,25H,3-10H2,1-2H3,(H,19,23)(H,20,24,26)/t11-,12-,13?/m0/s1. The summed E-state index contributed by atoms with van der Waals surface area (Å²) in [7, 11) is 0. The Morgan fingerprint density at radius 1 is 1.07 bits per heavy atom. The molecule has 2 aromatic rings. The summed E-state index contributed by atoms with van der Waals surface area (Å²) < 4.78 is 0. The quantitative estimate of drug-likeness (QED) is 0.404. The van der Waals surface area contributed by atoms with Gasteiger partial charge >= 0.3 is 0 Å². The van der Waals surface area contributed by atoms with Gasteiger partial charge in [0.15, 0.2) is 0 Å². The molecule has 2 heterocycles. The van der Waals surface area contributed by atoms with Crippen LogP contribution < -0.4 is 10.6 Å². The number of nitrogens with one attached hydrogen (secondary N) is 2. The van der Waals surface area contributed by atoms with E-state index in [1.165, 1.54) is 22.7 Å². The van der Waals surface area contributed by atoms with Gasteiger partial charge in [0.05, 0.1) is 0 Å². The van der Waals surface area contributed by atoms with Gasteiger partial charge < -0.3 is 15.7 Å². The topological polar surface area (TPSA) is 113 Å². The first kappa shape index (κ1) is 23.7. The molecule has 1 saturated carbocycles. The zero-order chi connectivity index (χ0) is 21.3. The number of hydrogen-bond acceptors (Lipinski definition) is 11. The summed E-state index contributed by atoms with van der Waals surface area (Å²) >= 11 is 6.37. The molecule has 1 aliphatic rings. The number of anilines is 2. The average molecular weight is 489 g/mol. The molecule has 2 aromatic heterocycles. The van der Waals surface area contributed by atoms with Crippen LogP contribution in [0.15, 0.2) is 0 Å². The van der Waals surface area contributed by atoms with Crippen LogP contribution in [0.4, 0.5) is 10.3 Å². The van der Waals surface area contributed by atoms with Crippen molar-refractivity contribution in [1.29, 1.82) is 0 Å². The average Bonchev–Trinajstić information content (AvgIpc) is 3.40. The number of nitrogens with zero attached hydrogens (tertiary/aromatic N) is 4. The van der Waals surface area contributed by atoms with Gasteiger partial charge in [-0.1, -0.05) is 29.1 Å². The number of carbonyl (C=O) groups excluding carboxylic acids is 1. The van der Waals surface area contributed by atoms with Crippen LogP contribution in [0.25, 0.3) is 0 Å². The fourth-order valence-corrected chi connectivity index (χ4v) is 6.06. The Labute approximate surface area is 193 Å². The van der Waals surface area contributed by atoms with Gasteiger partial charge in [-0.2, -0.15) is 23.5 Å². The van der Waals surface area contributed by atoms with Crippen LogP contribution in [-0.4, -0.2) is 61.7 Å². The molecule has 1 fully saturated rings. The van der Waals surface area contributed by atoms with Gasteiger partial charge in [-0.3, -0.25) is 4.79 Å². The first-order valence-corrected chi connectivity index (χ1v) is 14.4. The van der Waals surface area contributed by atoms with E-state index in [2.05, 4.69) is 31.0 Å². The number of hydrogen-bond donors (Lipinski definition) is 3. The van der Waals surface area contributed by atoms with Gasteiger partial charge in [0.25, 0.3) is 0 Å². The van der Waals surface area contributed by atoms with Crippen LogP contribution in [0.5, 0.6) is 0 Å². The maximum atomic E-state index is 11.9. The number of carbonyl (C=O) groups is 1. The van der Waals surface area contributed by atoms with E-state index in [1.54, 1.807) is 23.5 Å². The monoisotopic (exact) mass is 488 g/mol. The molecular weight excluding hydrogens is 461 g/mol. The molecule has 0 bridgehead atoms. The third-order valence-corrected chi connectivity index (χ3v) is 8.19. The molecule has 12 heteroatoms. The minimum absolute atomic E-state index is 0.0119. The van der Waals surface area contributed by atoms with Crippen molar-refractivity contribution in [2.75, 3.05) is 34.7 Å². The zero-order valence-corrected chi connectivity index (χ0v) is 20.4. The summed E-state index contributed by atoms with van der Waals surface area (Å²) in [6.07, 6.45) is 8.79. The number of aromatic nitrogens is 4. The molecule has 1 aliphatic carbocycles. The first-order valence-electron chi connectivity index (χ1n) is 9.98. The Bertz CT molecular complexity index is 801. The lowest BCUT2D eigenvalue weighted by Crippen LogP contribution is -2.19. The lowest BCUT2D eigenvalue weighted by molar-refractivity contribution is -0.115. The Hall–Kier alpha value is -0.950. The second-order valence-electron chi connectivity index (χ2n) is 7.18. The van der Waals surface area contributed by atoms with Crippen molar-refractivity contribution in [2.24, 2.45) is 0 Å². The number of rotatable bonds is 11. The van der Waals surface area contributed by atoms with Crippen molar-refractivity contribution in [2.45, 2.75) is 56.6 Å². The van der Waals surface area contributed by atoms with E-state index in [9.17, 15) is 9.90 Å². The summed E-state index contributed by atoms with van der Waals surface area (Å²) in [5.74, 6) is 2.34. The summed E-state index contributed by atoms with van der Waals surface area (Å²) in [5, 5.41) is 36.3. The molecule has 0 radical (unpaired) electrons. The van der Waals surface area contributed by atoms with E-state index in [0.717, 1.165) is 47.2 Å². The van der Waals surface area contributed by atoms with Crippen LogP contribution in [0.2, 0.25) is 0 Å². The number of aliphatic hydroxyl groups excluding tert-OH is 1. The lowest BCUT2D eigenvalue weighted by Gasteiger charge is -2.25. The van der Waals surface area contributed by atoms with Crippen LogP contribution in [-0.2, 0) is 4.79 Å². The van der Waals surface area contributed by atoms with Crippen LogP contribution in [0.1, 0.15) is 60.4 Å². The van der Waals surface area contributed by atoms with Gasteiger partial charge in [-0.15, -0.1) is 20.4 Å². The highest BCUT2D eigenvalue weighted by atomic mass is 32.2. The van der Waals surface area contributed by atoms with Crippen molar-refractivity contribution < 1.29 is 9.90 Å². The van der Waals surface area contributed by atoms with Crippen molar-refractivity contribution in [1.82, 2.24) is 20.4 Å². The summed E-state index contributed by atoms with van der Waals surface area (Å²) in [6, 6.07) is 0. The second-order valence-corrected chi connectivity index (χ2v) is 11.2. The Kier molecular flexibility index (Phi) is 9.63. The normalized spacial score (nSPS) is 20.1. The molecular formula is C18H28N6O2S4. The van der Waals surface area contributed by atoms with E-state index < -0.39 is 6.23 Å². The fraction of sp³-hybridized carbons (Fsp3) is 0.722. The molecule has 0 spiro atoms. The van der Waals surface area contributed by atoms with Gasteiger partial charge in [0, 0.05) is 30.4 Å². The summed E-state index contributed by atoms with van der Waals surface area (Å²) in [6.45, 7) is 0. The number of amides is 1. The van der Waals surface area contributed by atoms with Gasteiger partial charge in [-0.05, 0) is 37.5 Å². The molecule has 3 N–H and O–H groups in total. The Morgan fingerprint density at radius 3 is 2.37 bits per heavy atom. The number of thioether (sulfide) groups is 2. The highest BCUT2D eigenvalue weighted by molar-refractivity contribution is 7.98. The van der Waals surface area contributed by atoms with Crippen LogP contribution in [0, 0.1) is 0 Å². The van der Waals surface area contributed by atoms with Gasteiger partial charge in [-0.25, -0.2) is 0 Å². The van der Waals surface area contributed by atoms with Crippen molar-refractivity contribution in [3.63, 3.8) is 0 Å². The molecule has 8 nitrogen and oxygen atoms in total. The SMILES string of the molecule is CSCCC(=O)Nc1nnc([C@H]2CCC[C@H](c3nnc(NC(O)CCSC)s3)C2)s1. The van der Waals surface area contributed by atoms with Crippen molar-refractivity contribution >= 4 is 62.4 Å². The van der Waals surface area contributed by atoms with E-state index in [1.807, 2.05) is 12.5 Å². The lowest BCUT2D eigenvalue weighted by atomic mass is 9.82. The number of aliphatic hydroxyl groups is 1. The predicted molar refractivity (Wildman–Crippen MR) is 128 cm³/mol. The van der Waals surface area contributed by atoms with E-state index in [0.29, 0.717) is 34.9 Å².